The number of para-hydroxylation sites is 2. The van der Waals surface area contributed by atoms with Gasteiger partial charge in [0.15, 0.2) is 11.5 Å². The quantitative estimate of drug-likeness (QED) is 0.840. The van der Waals surface area contributed by atoms with Crippen molar-refractivity contribution in [1.29, 1.82) is 0 Å². The molecule has 1 amide bonds. The topological polar surface area (TPSA) is 50.8 Å². The lowest BCUT2D eigenvalue weighted by Gasteiger charge is -2.31. The van der Waals surface area contributed by atoms with Gasteiger partial charge in [0.25, 0.3) is 0 Å². The number of benzene rings is 2. The first-order valence-electron chi connectivity index (χ1n) is 9.43. The Balaban J connectivity index is 1.53. The maximum atomic E-state index is 12.6. The largest absolute Gasteiger partial charge is 0.486 e. The second-order valence-corrected chi connectivity index (χ2v) is 7.38. The Morgan fingerprint density at radius 3 is 2.44 bits per heavy atom. The van der Waals surface area contributed by atoms with Crippen LogP contribution in [0.4, 0.5) is 5.69 Å². The van der Waals surface area contributed by atoms with Crippen LogP contribution in [0.5, 0.6) is 11.5 Å². The highest BCUT2D eigenvalue weighted by atomic mass is 16.6. The van der Waals surface area contributed by atoms with Crippen LogP contribution >= 0.6 is 0 Å². The minimum atomic E-state index is -0.282. The summed E-state index contributed by atoms with van der Waals surface area (Å²) in [6.07, 6.45) is -0.106. The van der Waals surface area contributed by atoms with Crippen LogP contribution in [0.1, 0.15) is 32.3 Å². The van der Waals surface area contributed by atoms with Gasteiger partial charge in [-0.1, -0.05) is 38.1 Å². The first-order valence-corrected chi connectivity index (χ1v) is 9.43. The summed E-state index contributed by atoms with van der Waals surface area (Å²) in [6.45, 7) is 7.29. The molecule has 5 nitrogen and oxygen atoms in total. The number of rotatable bonds is 6. The molecule has 3 rings (SSSR count). The summed E-state index contributed by atoms with van der Waals surface area (Å²) in [7, 11) is 1.93. The van der Waals surface area contributed by atoms with Crippen LogP contribution in [0.2, 0.25) is 0 Å². The van der Waals surface area contributed by atoms with E-state index in [1.165, 1.54) is 5.56 Å². The van der Waals surface area contributed by atoms with Crippen LogP contribution < -0.4 is 14.8 Å². The van der Waals surface area contributed by atoms with Gasteiger partial charge in [0.05, 0.1) is 6.04 Å². The molecule has 0 saturated carbocycles. The third-order valence-electron chi connectivity index (χ3n) is 4.94. The van der Waals surface area contributed by atoms with Gasteiger partial charge in [0.1, 0.15) is 12.7 Å². The van der Waals surface area contributed by atoms with Crippen molar-refractivity contribution in [2.45, 2.75) is 38.8 Å². The lowest BCUT2D eigenvalue weighted by atomic mass is 10.0. The number of nitrogens with one attached hydrogen (secondary N) is 1. The van der Waals surface area contributed by atoms with E-state index >= 15 is 0 Å². The first kappa shape index (κ1) is 19.2. The fraction of sp³-hybridized carbons (Fsp3) is 0.409. The molecule has 0 fully saturated rings. The van der Waals surface area contributed by atoms with Gasteiger partial charge < -0.3 is 14.8 Å². The number of anilines is 1. The summed E-state index contributed by atoms with van der Waals surface area (Å²) < 4.78 is 11.7. The second-order valence-electron chi connectivity index (χ2n) is 7.38. The molecule has 1 aliphatic rings. The van der Waals surface area contributed by atoms with Crippen molar-refractivity contribution in [2.24, 2.45) is 0 Å². The molecule has 0 radical (unpaired) electrons. The molecule has 1 aliphatic heterocycles. The molecule has 0 saturated heterocycles. The van der Waals surface area contributed by atoms with E-state index in [0.29, 0.717) is 19.1 Å². The van der Waals surface area contributed by atoms with Crippen LogP contribution in [0.25, 0.3) is 0 Å². The SMILES string of the molecule is CC(C)c1ccc(NC(=O)C(C)N(C)CC2COc3ccccc3O2)cc1. The Bertz CT molecular complexity index is 773. The number of hydrogen-bond acceptors (Lipinski definition) is 4. The van der Waals surface area contributed by atoms with E-state index in [0.717, 1.165) is 17.2 Å². The molecule has 27 heavy (non-hydrogen) atoms. The van der Waals surface area contributed by atoms with Crippen molar-refractivity contribution in [3.63, 3.8) is 0 Å². The zero-order chi connectivity index (χ0) is 19.4. The molecule has 0 aliphatic carbocycles. The van der Waals surface area contributed by atoms with E-state index in [1.54, 1.807) is 0 Å². The number of ether oxygens (including phenoxy) is 2. The van der Waals surface area contributed by atoms with E-state index < -0.39 is 0 Å². The van der Waals surface area contributed by atoms with Gasteiger partial charge in [-0.2, -0.15) is 0 Å². The van der Waals surface area contributed by atoms with Crippen molar-refractivity contribution in [1.82, 2.24) is 4.90 Å². The van der Waals surface area contributed by atoms with E-state index in [1.807, 2.05) is 55.3 Å². The fourth-order valence-corrected chi connectivity index (χ4v) is 3.03. The number of nitrogens with zero attached hydrogens (tertiary/aromatic N) is 1. The van der Waals surface area contributed by atoms with Crippen LogP contribution in [-0.2, 0) is 4.79 Å². The number of hydrogen-bond donors (Lipinski definition) is 1. The Hall–Kier alpha value is -2.53. The third-order valence-corrected chi connectivity index (χ3v) is 4.94. The number of likely N-dealkylation sites (N-methyl/N-ethyl adjacent to an activating group) is 1. The van der Waals surface area contributed by atoms with Crippen molar-refractivity contribution in [3.8, 4) is 11.5 Å². The molecule has 2 unspecified atom stereocenters. The van der Waals surface area contributed by atoms with Crippen molar-refractivity contribution >= 4 is 11.6 Å². The number of fused-ring (bicyclic) bond motifs is 1. The molecular weight excluding hydrogens is 340 g/mol. The molecule has 144 valence electrons. The maximum absolute atomic E-state index is 12.6. The molecule has 2 aromatic carbocycles. The molecule has 1 N–H and O–H groups in total. The zero-order valence-corrected chi connectivity index (χ0v) is 16.4. The van der Waals surface area contributed by atoms with Crippen molar-refractivity contribution in [3.05, 3.63) is 54.1 Å². The van der Waals surface area contributed by atoms with Gasteiger partial charge in [-0.3, -0.25) is 9.69 Å². The van der Waals surface area contributed by atoms with E-state index in [2.05, 4.69) is 31.3 Å². The maximum Gasteiger partial charge on any atom is 0.241 e. The predicted molar refractivity (Wildman–Crippen MR) is 108 cm³/mol. The predicted octanol–water partition coefficient (Wildman–Crippen LogP) is 3.91. The lowest BCUT2D eigenvalue weighted by Crippen LogP contribution is -2.46. The van der Waals surface area contributed by atoms with Crippen LogP contribution in [0.15, 0.2) is 48.5 Å². The monoisotopic (exact) mass is 368 g/mol. The summed E-state index contributed by atoms with van der Waals surface area (Å²) in [5.41, 5.74) is 2.07. The Kier molecular flexibility index (Phi) is 6.01. The van der Waals surface area contributed by atoms with Crippen LogP contribution in [0.3, 0.4) is 0 Å². The Morgan fingerprint density at radius 2 is 1.78 bits per heavy atom. The normalized spacial score (nSPS) is 17.0. The molecule has 1 heterocycles. The van der Waals surface area contributed by atoms with Gasteiger partial charge in [-0.15, -0.1) is 0 Å². The number of amides is 1. The summed E-state index contributed by atoms with van der Waals surface area (Å²) in [5, 5.41) is 2.99. The highest BCUT2D eigenvalue weighted by Gasteiger charge is 2.26. The highest BCUT2D eigenvalue weighted by Crippen LogP contribution is 2.31. The smallest absolute Gasteiger partial charge is 0.241 e. The summed E-state index contributed by atoms with van der Waals surface area (Å²) in [4.78, 5) is 14.6. The minimum Gasteiger partial charge on any atom is -0.486 e. The average Bonchev–Trinajstić information content (AvgIpc) is 2.67. The van der Waals surface area contributed by atoms with E-state index in [4.69, 9.17) is 9.47 Å². The van der Waals surface area contributed by atoms with E-state index in [9.17, 15) is 4.79 Å². The molecule has 2 atom stereocenters. The summed E-state index contributed by atoms with van der Waals surface area (Å²) in [5.74, 6) is 1.96. The van der Waals surface area contributed by atoms with Gasteiger partial charge in [0.2, 0.25) is 5.91 Å². The third kappa shape index (κ3) is 4.80. The van der Waals surface area contributed by atoms with E-state index in [-0.39, 0.29) is 18.1 Å². The summed E-state index contributed by atoms with van der Waals surface area (Å²) >= 11 is 0. The number of carbonyl (C=O) groups excluding carboxylic acids is 1. The summed E-state index contributed by atoms with van der Waals surface area (Å²) in [6, 6.07) is 15.4. The van der Waals surface area contributed by atoms with Gasteiger partial charge in [0, 0.05) is 12.2 Å². The van der Waals surface area contributed by atoms with Crippen LogP contribution in [0, 0.1) is 0 Å². The molecule has 0 aromatic heterocycles. The van der Waals surface area contributed by atoms with Gasteiger partial charge in [-0.25, -0.2) is 0 Å². The first-order chi connectivity index (χ1) is 12.9. The van der Waals surface area contributed by atoms with Crippen molar-refractivity contribution < 1.29 is 14.3 Å². The van der Waals surface area contributed by atoms with Crippen molar-refractivity contribution in [2.75, 3.05) is 25.5 Å². The second kappa shape index (κ2) is 8.44. The molecular formula is C22H28N2O3. The fourth-order valence-electron chi connectivity index (χ4n) is 3.03. The molecule has 5 heteroatoms. The average molecular weight is 368 g/mol. The lowest BCUT2D eigenvalue weighted by molar-refractivity contribution is -0.120. The Morgan fingerprint density at radius 1 is 1.11 bits per heavy atom. The van der Waals surface area contributed by atoms with Gasteiger partial charge >= 0.3 is 0 Å². The molecule has 0 bridgehead atoms. The van der Waals surface area contributed by atoms with Gasteiger partial charge in [-0.05, 0) is 49.7 Å². The molecule has 0 spiro atoms. The van der Waals surface area contributed by atoms with Crippen LogP contribution in [-0.4, -0.2) is 43.2 Å². The minimum absolute atomic E-state index is 0.0353. The highest BCUT2D eigenvalue weighted by molar-refractivity contribution is 5.94. The standard InChI is InChI=1S/C22H28N2O3/c1-15(2)17-9-11-18(12-10-17)23-22(25)16(3)24(4)13-19-14-26-20-7-5-6-8-21(20)27-19/h5-12,15-16,19H,13-14H2,1-4H3,(H,23,25). The molecule has 2 aromatic rings. The number of carbonyl (C=O) groups is 1. The zero-order valence-electron chi connectivity index (χ0n) is 16.4. The Labute approximate surface area is 161 Å².